The third kappa shape index (κ3) is 3.21. The molecule has 2 nitrogen and oxygen atoms in total. The number of piperidine rings is 1. The van der Waals surface area contributed by atoms with E-state index in [0.29, 0.717) is 0 Å². The molecular formula is C20H23Cl2NO. The van der Waals surface area contributed by atoms with Crippen LogP contribution in [0.15, 0.2) is 48.5 Å². The van der Waals surface area contributed by atoms with E-state index in [2.05, 4.69) is 19.2 Å². The number of hydrogen-bond donors (Lipinski definition) is 2. The summed E-state index contributed by atoms with van der Waals surface area (Å²) in [6.07, 6.45) is 0. The average Bonchev–Trinajstić information content (AvgIpc) is 2.56. The van der Waals surface area contributed by atoms with E-state index in [-0.39, 0.29) is 23.9 Å². The Kier molecular flexibility index (Phi) is 4.94. The van der Waals surface area contributed by atoms with Gasteiger partial charge in [-0.2, -0.15) is 0 Å². The van der Waals surface area contributed by atoms with Crippen LogP contribution in [-0.4, -0.2) is 10.7 Å². The maximum atomic E-state index is 11.2. The van der Waals surface area contributed by atoms with Gasteiger partial charge >= 0.3 is 0 Å². The minimum Gasteiger partial charge on any atom is -0.389 e. The standard InChI is InChI=1S/C20H23Cl2NO/c1-12-18(14-4-8-16(21)9-5-14)23-19(13(2)20(12,3)24)15-6-10-17(22)11-7-15/h4-13,18-19,23-24H,1-3H3. The van der Waals surface area contributed by atoms with E-state index in [1.54, 1.807) is 0 Å². The van der Waals surface area contributed by atoms with Crippen LogP contribution in [0.5, 0.6) is 0 Å². The minimum atomic E-state index is -0.792. The van der Waals surface area contributed by atoms with Crippen molar-refractivity contribution in [1.29, 1.82) is 0 Å². The SMILES string of the molecule is CC1C(c2ccc(Cl)cc2)NC(c2ccc(Cl)cc2)C(C)C1(C)O. The maximum absolute atomic E-state index is 11.2. The molecule has 0 saturated carbocycles. The Labute approximate surface area is 153 Å². The molecule has 1 saturated heterocycles. The van der Waals surface area contributed by atoms with E-state index in [0.717, 1.165) is 21.2 Å². The van der Waals surface area contributed by atoms with E-state index in [1.165, 1.54) is 0 Å². The molecule has 2 aromatic carbocycles. The van der Waals surface area contributed by atoms with Crippen LogP contribution in [0.25, 0.3) is 0 Å². The van der Waals surface area contributed by atoms with Crippen molar-refractivity contribution in [2.45, 2.75) is 38.5 Å². The highest BCUT2D eigenvalue weighted by molar-refractivity contribution is 6.30. The van der Waals surface area contributed by atoms with E-state index in [9.17, 15) is 5.11 Å². The minimum absolute atomic E-state index is 0.0501. The molecule has 3 rings (SSSR count). The lowest BCUT2D eigenvalue weighted by Crippen LogP contribution is -2.56. The van der Waals surface area contributed by atoms with Crippen LogP contribution in [0.1, 0.15) is 44.0 Å². The summed E-state index contributed by atoms with van der Waals surface area (Å²) in [5.41, 5.74) is 1.48. The van der Waals surface area contributed by atoms with Crippen LogP contribution in [-0.2, 0) is 0 Å². The number of rotatable bonds is 2. The Morgan fingerprint density at radius 1 is 0.792 bits per heavy atom. The normalized spacial score (nSPS) is 33.4. The zero-order chi connectivity index (χ0) is 17.5. The first-order valence-corrected chi connectivity index (χ1v) is 9.05. The summed E-state index contributed by atoms with van der Waals surface area (Å²) in [4.78, 5) is 0. The largest absolute Gasteiger partial charge is 0.389 e. The monoisotopic (exact) mass is 363 g/mol. The number of nitrogens with one attached hydrogen (secondary N) is 1. The molecule has 0 aliphatic carbocycles. The Hall–Kier alpha value is -1.06. The molecule has 1 fully saturated rings. The predicted molar refractivity (Wildman–Crippen MR) is 100 cm³/mol. The lowest BCUT2D eigenvalue weighted by atomic mass is 9.67. The first kappa shape index (κ1) is 17.8. The number of hydrogen-bond acceptors (Lipinski definition) is 2. The highest BCUT2D eigenvalue weighted by Gasteiger charge is 2.48. The van der Waals surface area contributed by atoms with Gasteiger partial charge in [0.2, 0.25) is 0 Å². The highest BCUT2D eigenvalue weighted by atomic mass is 35.5. The summed E-state index contributed by atoms with van der Waals surface area (Å²) in [5, 5.41) is 16.4. The van der Waals surface area contributed by atoms with Gasteiger partial charge in [0.15, 0.2) is 0 Å². The van der Waals surface area contributed by atoms with Crippen LogP contribution < -0.4 is 5.32 Å². The Morgan fingerprint density at radius 2 is 1.12 bits per heavy atom. The fourth-order valence-electron chi connectivity index (χ4n) is 3.68. The summed E-state index contributed by atoms with van der Waals surface area (Å²) < 4.78 is 0. The first-order valence-electron chi connectivity index (χ1n) is 8.30. The molecule has 0 radical (unpaired) electrons. The van der Waals surface area contributed by atoms with Crippen LogP contribution >= 0.6 is 23.2 Å². The topological polar surface area (TPSA) is 32.3 Å². The van der Waals surface area contributed by atoms with E-state index in [4.69, 9.17) is 23.2 Å². The molecule has 4 heteroatoms. The summed E-state index contributed by atoms with van der Waals surface area (Å²) in [7, 11) is 0. The maximum Gasteiger partial charge on any atom is 0.0706 e. The third-order valence-corrected chi connectivity index (χ3v) is 6.17. The van der Waals surface area contributed by atoms with Gasteiger partial charge in [-0.3, -0.25) is 0 Å². The Balaban J connectivity index is 1.98. The Morgan fingerprint density at radius 3 is 1.46 bits per heavy atom. The molecule has 4 unspecified atom stereocenters. The van der Waals surface area contributed by atoms with Gasteiger partial charge in [-0.05, 0) is 42.3 Å². The van der Waals surface area contributed by atoms with Crippen LogP contribution in [0.3, 0.4) is 0 Å². The van der Waals surface area contributed by atoms with Crippen molar-refractivity contribution in [3.05, 3.63) is 69.7 Å². The fraction of sp³-hybridized carbons (Fsp3) is 0.400. The molecular weight excluding hydrogens is 341 g/mol. The predicted octanol–water partition coefficient (Wildman–Crippen LogP) is 5.40. The number of halogens is 2. The average molecular weight is 364 g/mol. The van der Waals surface area contributed by atoms with Gasteiger partial charge < -0.3 is 10.4 Å². The van der Waals surface area contributed by atoms with Crippen LogP contribution in [0.2, 0.25) is 10.0 Å². The lowest BCUT2D eigenvalue weighted by molar-refractivity contribution is -0.0960. The molecule has 0 aromatic heterocycles. The molecule has 0 bridgehead atoms. The van der Waals surface area contributed by atoms with Crippen molar-refractivity contribution in [3.63, 3.8) is 0 Å². The van der Waals surface area contributed by atoms with Gasteiger partial charge in [0.05, 0.1) is 5.60 Å². The molecule has 0 amide bonds. The lowest BCUT2D eigenvalue weighted by Gasteiger charge is -2.50. The van der Waals surface area contributed by atoms with Gasteiger partial charge in [0.1, 0.15) is 0 Å². The quantitative estimate of drug-likeness (QED) is 0.748. The smallest absolute Gasteiger partial charge is 0.0706 e. The van der Waals surface area contributed by atoms with Gasteiger partial charge in [-0.25, -0.2) is 0 Å². The fourth-order valence-corrected chi connectivity index (χ4v) is 3.93. The molecule has 128 valence electrons. The van der Waals surface area contributed by atoms with Crippen molar-refractivity contribution < 1.29 is 5.11 Å². The molecule has 24 heavy (non-hydrogen) atoms. The third-order valence-electron chi connectivity index (χ3n) is 5.66. The van der Waals surface area contributed by atoms with Crippen molar-refractivity contribution in [1.82, 2.24) is 5.32 Å². The van der Waals surface area contributed by atoms with Gasteiger partial charge in [0, 0.05) is 34.0 Å². The number of benzene rings is 2. The second kappa shape index (κ2) is 6.68. The summed E-state index contributed by atoms with van der Waals surface area (Å²) in [5.74, 6) is 0.134. The van der Waals surface area contributed by atoms with Gasteiger partial charge in [-0.1, -0.05) is 61.3 Å². The zero-order valence-corrected chi connectivity index (χ0v) is 15.6. The summed E-state index contributed by atoms with van der Waals surface area (Å²) >= 11 is 12.0. The molecule has 2 aromatic rings. The first-order chi connectivity index (χ1) is 11.3. The molecule has 1 aliphatic rings. The molecule has 2 N–H and O–H groups in total. The van der Waals surface area contributed by atoms with E-state index < -0.39 is 5.60 Å². The van der Waals surface area contributed by atoms with Gasteiger partial charge in [-0.15, -0.1) is 0 Å². The number of aliphatic hydroxyl groups is 1. The molecule has 1 heterocycles. The molecule has 1 aliphatic heterocycles. The van der Waals surface area contributed by atoms with Crippen molar-refractivity contribution in [2.24, 2.45) is 11.8 Å². The summed E-state index contributed by atoms with van der Waals surface area (Å²) in [6.45, 7) is 6.14. The zero-order valence-electron chi connectivity index (χ0n) is 14.1. The molecule has 0 spiro atoms. The summed E-state index contributed by atoms with van der Waals surface area (Å²) in [6, 6.07) is 15.8. The van der Waals surface area contributed by atoms with E-state index in [1.807, 2.05) is 55.5 Å². The second-order valence-electron chi connectivity index (χ2n) is 7.03. The Bertz CT molecular complexity index is 637. The van der Waals surface area contributed by atoms with Crippen molar-refractivity contribution in [3.8, 4) is 0 Å². The highest BCUT2D eigenvalue weighted by Crippen LogP contribution is 2.46. The van der Waals surface area contributed by atoms with Crippen LogP contribution in [0.4, 0.5) is 0 Å². The van der Waals surface area contributed by atoms with Crippen molar-refractivity contribution in [2.75, 3.05) is 0 Å². The van der Waals surface area contributed by atoms with Gasteiger partial charge in [0.25, 0.3) is 0 Å². The van der Waals surface area contributed by atoms with E-state index >= 15 is 0 Å². The van der Waals surface area contributed by atoms with Crippen molar-refractivity contribution >= 4 is 23.2 Å². The second-order valence-corrected chi connectivity index (χ2v) is 7.90. The molecule has 4 atom stereocenters. The van der Waals surface area contributed by atoms with Crippen LogP contribution in [0, 0.1) is 11.8 Å².